The molecule has 24 heavy (non-hydrogen) atoms. The van der Waals surface area contributed by atoms with Gasteiger partial charge in [-0.3, -0.25) is 14.6 Å². The number of likely N-dealkylation sites (tertiary alicyclic amines) is 1. The SMILES string of the molecule is Cc1ccc(C(=O)C2CCN(C(=O)c3cccnc3)CC2)cc1C. The molecule has 1 amide bonds. The lowest BCUT2D eigenvalue weighted by Gasteiger charge is -2.31. The highest BCUT2D eigenvalue weighted by atomic mass is 16.2. The number of amides is 1. The molecule has 0 unspecified atom stereocenters. The van der Waals surface area contributed by atoms with Crippen LogP contribution in [0.2, 0.25) is 0 Å². The maximum atomic E-state index is 12.7. The van der Waals surface area contributed by atoms with Crippen molar-refractivity contribution >= 4 is 11.7 Å². The summed E-state index contributed by atoms with van der Waals surface area (Å²) in [6, 6.07) is 9.44. The largest absolute Gasteiger partial charge is 0.339 e. The average molecular weight is 322 g/mol. The standard InChI is InChI=1S/C20H22N2O2/c1-14-5-6-17(12-15(14)2)19(23)16-7-10-22(11-8-16)20(24)18-4-3-9-21-13-18/h3-6,9,12-13,16H,7-8,10-11H2,1-2H3. The van der Waals surface area contributed by atoms with E-state index in [1.807, 2.05) is 36.9 Å². The van der Waals surface area contributed by atoms with E-state index in [2.05, 4.69) is 4.98 Å². The molecular weight excluding hydrogens is 300 g/mol. The van der Waals surface area contributed by atoms with Crippen molar-refractivity contribution < 1.29 is 9.59 Å². The van der Waals surface area contributed by atoms with Gasteiger partial charge < -0.3 is 4.90 Å². The first-order valence-corrected chi connectivity index (χ1v) is 8.37. The normalized spacial score (nSPS) is 15.3. The van der Waals surface area contributed by atoms with Gasteiger partial charge in [0.2, 0.25) is 0 Å². The molecule has 3 rings (SSSR count). The lowest BCUT2D eigenvalue weighted by Crippen LogP contribution is -2.40. The Bertz CT molecular complexity index is 747. The van der Waals surface area contributed by atoms with Crippen LogP contribution in [0.4, 0.5) is 0 Å². The van der Waals surface area contributed by atoms with Gasteiger partial charge in [-0.2, -0.15) is 0 Å². The van der Waals surface area contributed by atoms with E-state index in [4.69, 9.17) is 0 Å². The number of pyridine rings is 1. The van der Waals surface area contributed by atoms with Crippen molar-refractivity contribution in [2.75, 3.05) is 13.1 Å². The van der Waals surface area contributed by atoms with Crippen LogP contribution in [-0.2, 0) is 0 Å². The molecule has 4 heteroatoms. The van der Waals surface area contributed by atoms with Crippen LogP contribution in [0.15, 0.2) is 42.7 Å². The number of aryl methyl sites for hydroxylation is 2. The van der Waals surface area contributed by atoms with Crippen molar-refractivity contribution in [2.45, 2.75) is 26.7 Å². The second-order valence-electron chi connectivity index (χ2n) is 6.47. The van der Waals surface area contributed by atoms with E-state index >= 15 is 0 Å². The summed E-state index contributed by atoms with van der Waals surface area (Å²) in [5.74, 6) is 0.205. The van der Waals surface area contributed by atoms with Crippen molar-refractivity contribution in [2.24, 2.45) is 5.92 Å². The molecule has 124 valence electrons. The molecule has 0 bridgehead atoms. The van der Waals surface area contributed by atoms with Gasteiger partial charge in [-0.1, -0.05) is 12.1 Å². The molecule has 0 N–H and O–H groups in total. The summed E-state index contributed by atoms with van der Waals surface area (Å²) in [5.41, 5.74) is 3.74. The molecule has 1 aromatic carbocycles. The second-order valence-corrected chi connectivity index (χ2v) is 6.47. The maximum Gasteiger partial charge on any atom is 0.255 e. The van der Waals surface area contributed by atoms with Gasteiger partial charge in [-0.15, -0.1) is 0 Å². The Morgan fingerprint density at radius 2 is 1.79 bits per heavy atom. The summed E-state index contributed by atoms with van der Waals surface area (Å²) >= 11 is 0. The van der Waals surface area contributed by atoms with Crippen molar-refractivity contribution in [3.63, 3.8) is 0 Å². The molecule has 2 heterocycles. The third kappa shape index (κ3) is 3.37. The van der Waals surface area contributed by atoms with Crippen LogP contribution in [0.3, 0.4) is 0 Å². The Kier molecular flexibility index (Phi) is 4.74. The highest BCUT2D eigenvalue weighted by molar-refractivity contribution is 5.98. The Morgan fingerprint density at radius 3 is 2.42 bits per heavy atom. The fourth-order valence-electron chi connectivity index (χ4n) is 3.15. The first-order chi connectivity index (χ1) is 11.6. The summed E-state index contributed by atoms with van der Waals surface area (Å²) in [6.07, 6.45) is 4.69. The minimum Gasteiger partial charge on any atom is -0.339 e. The second kappa shape index (κ2) is 6.95. The van der Waals surface area contributed by atoms with Crippen LogP contribution < -0.4 is 0 Å². The number of rotatable bonds is 3. The van der Waals surface area contributed by atoms with Crippen LogP contribution in [0, 0.1) is 19.8 Å². The van der Waals surface area contributed by atoms with Gasteiger partial charge in [-0.05, 0) is 56.0 Å². The molecule has 0 saturated carbocycles. The van der Waals surface area contributed by atoms with Crippen LogP contribution >= 0.6 is 0 Å². The summed E-state index contributed by atoms with van der Waals surface area (Å²) in [6.45, 7) is 5.32. The first kappa shape index (κ1) is 16.4. The molecule has 0 atom stereocenters. The molecule has 0 aliphatic carbocycles. The fourth-order valence-corrected chi connectivity index (χ4v) is 3.15. The topological polar surface area (TPSA) is 50.3 Å². The van der Waals surface area contributed by atoms with E-state index in [-0.39, 0.29) is 17.6 Å². The first-order valence-electron chi connectivity index (χ1n) is 8.37. The van der Waals surface area contributed by atoms with Gasteiger partial charge in [-0.25, -0.2) is 0 Å². The van der Waals surface area contributed by atoms with E-state index in [1.54, 1.807) is 24.5 Å². The van der Waals surface area contributed by atoms with E-state index in [0.29, 0.717) is 18.7 Å². The van der Waals surface area contributed by atoms with Gasteiger partial charge >= 0.3 is 0 Å². The van der Waals surface area contributed by atoms with Crippen molar-refractivity contribution in [1.29, 1.82) is 0 Å². The molecule has 1 aliphatic heterocycles. The number of Topliss-reactive ketones (excluding diaryl/α,β-unsaturated/α-hetero) is 1. The summed E-state index contributed by atoms with van der Waals surface area (Å²) in [5, 5.41) is 0. The lowest BCUT2D eigenvalue weighted by atomic mass is 9.88. The minimum absolute atomic E-state index is 0.000166. The van der Waals surface area contributed by atoms with Gasteiger partial charge in [0.25, 0.3) is 5.91 Å². The van der Waals surface area contributed by atoms with Gasteiger partial charge in [0, 0.05) is 37.0 Å². The molecule has 2 aromatic rings. The maximum absolute atomic E-state index is 12.7. The van der Waals surface area contributed by atoms with Crippen molar-refractivity contribution in [1.82, 2.24) is 9.88 Å². The van der Waals surface area contributed by atoms with E-state index in [9.17, 15) is 9.59 Å². The quantitative estimate of drug-likeness (QED) is 0.814. The highest BCUT2D eigenvalue weighted by Gasteiger charge is 2.28. The lowest BCUT2D eigenvalue weighted by molar-refractivity contribution is 0.0650. The van der Waals surface area contributed by atoms with Crippen LogP contribution in [0.25, 0.3) is 0 Å². The molecular formula is C20H22N2O2. The minimum atomic E-state index is 0.000166. The van der Waals surface area contributed by atoms with Crippen molar-refractivity contribution in [3.05, 3.63) is 65.0 Å². The number of hydrogen-bond acceptors (Lipinski definition) is 3. The number of nitrogens with zero attached hydrogens (tertiary/aromatic N) is 2. The Labute approximate surface area is 142 Å². The summed E-state index contributed by atoms with van der Waals surface area (Å²) < 4.78 is 0. The van der Waals surface area contributed by atoms with E-state index in [0.717, 1.165) is 24.0 Å². The predicted molar refractivity (Wildman–Crippen MR) is 93.1 cm³/mol. The third-order valence-electron chi connectivity index (χ3n) is 4.85. The average Bonchev–Trinajstić information content (AvgIpc) is 2.63. The van der Waals surface area contributed by atoms with Crippen molar-refractivity contribution in [3.8, 4) is 0 Å². The third-order valence-corrected chi connectivity index (χ3v) is 4.85. The zero-order valence-electron chi connectivity index (χ0n) is 14.2. The smallest absolute Gasteiger partial charge is 0.255 e. The fraction of sp³-hybridized carbons (Fsp3) is 0.350. The van der Waals surface area contributed by atoms with E-state index < -0.39 is 0 Å². The van der Waals surface area contributed by atoms with Gasteiger partial charge in [0.05, 0.1) is 5.56 Å². The number of ketones is 1. The zero-order valence-corrected chi connectivity index (χ0v) is 14.2. The highest BCUT2D eigenvalue weighted by Crippen LogP contribution is 2.24. The number of piperidine rings is 1. The molecule has 1 aliphatic rings. The number of benzene rings is 1. The van der Waals surface area contributed by atoms with Crippen LogP contribution in [0.5, 0.6) is 0 Å². The van der Waals surface area contributed by atoms with Crippen LogP contribution in [0.1, 0.15) is 44.7 Å². The van der Waals surface area contributed by atoms with E-state index in [1.165, 1.54) is 5.56 Å². The number of hydrogen-bond donors (Lipinski definition) is 0. The number of aromatic nitrogens is 1. The molecule has 1 fully saturated rings. The predicted octanol–water partition coefficient (Wildman–Crippen LogP) is 3.43. The Balaban J connectivity index is 1.63. The molecule has 1 saturated heterocycles. The zero-order chi connectivity index (χ0) is 17.1. The van der Waals surface area contributed by atoms with Gasteiger partial charge in [0.15, 0.2) is 5.78 Å². The Hall–Kier alpha value is -2.49. The monoisotopic (exact) mass is 322 g/mol. The molecule has 1 aromatic heterocycles. The molecule has 0 spiro atoms. The van der Waals surface area contributed by atoms with Gasteiger partial charge in [0.1, 0.15) is 0 Å². The van der Waals surface area contributed by atoms with Crippen LogP contribution in [-0.4, -0.2) is 34.7 Å². The molecule has 0 radical (unpaired) electrons. The summed E-state index contributed by atoms with van der Waals surface area (Å²) in [4.78, 5) is 30.9. The number of carbonyl (C=O) groups excluding carboxylic acids is 2. The number of carbonyl (C=O) groups is 2. The molecule has 4 nitrogen and oxygen atoms in total. The Morgan fingerprint density at radius 1 is 1.04 bits per heavy atom. The summed E-state index contributed by atoms with van der Waals surface area (Å²) in [7, 11) is 0.